The van der Waals surface area contributed by atoms with Gasteiger partial charge in [0.25, 0.3) is 0 Å². The van der Waals surface area contributed by atoms with Gasteiger partial charge in [-0.15, -0.1) is 0 Å². The minimum absolute atomic E-state index is 0.0593. The maximum Gasteiger partial charge on any atom is 0.223 e. The van der Waals surface area contributed by atoms with Crippen molar-refractivity contribution in [2.75, 3.05) is 11.4 Å². The first kappa shape index (κ1) is 17.7. The van der Waals surface area contributed by atoms with Crippen molar-refractivity contribution in [2.24, 2.45) is 0 Å². The van der Waals surface area contributed by atoms with Gasteiger partial charge in [-0.3, -0.25) is 14.6 Å². The van der Waals surface area contributed by atoms with Crippen LogP contribution in [0, 0.1) is 0 Å². The maximum absolute atomic E-state index is 12.1. The summed E-state index contributed by atoms with van der Waals surface area (Å²) < 4.78 is 0. The fourth-order valence-corrected chi connectivity index (χ4v) is 2.53. The van der Waals surface area contributed by atoms with Gasteiger partial charge in [-0.2, -0.15) is 0 Å². The molecule has 1 aromatic heterocycles. The fraction of sp³-hybridized carbons (Fsp3) is 0.316. The second kappa shape index (κ2) is 8.82. The molecule has 0 saturated heterocycles. The molecule has 5 nitrogen and oxygen atoms in total. The molecule has 1 N–H and O–H groups in total. The van der Waals surface area contributed by atoms with Crippen LogP contribution in [0.15, 0.2) is 48.8 Å². The lowest BCUT2D eigenvalue weighted by Gasteiger charge is -2.23. The Balaban J connectivity index is 1.94. The second-order valence-corrected chi connectivity index (χ2v) is 5.54. The van der Waals surface area contributed by atoms with Crippen LogP contribution >= 0.6 is 0 Å². The number of hydrogen-bond acceptors (Lipinski definition) is 3. The third-order valence-electron chi connectivity index (χ3n) is 3.82. The number of benzene rings is 1. The predicted molar refractivity (Wildman–Crippen MR) is 94.5 cm³/mol. The van der Waals surface area contributed by atoms with Crippen LogP contribution in [0.3, 0.4) is 0 Å². The normalized spacial score (nSPS) is 10.2. The van der Waals surface area contributed by atoms with Gasteiger partial charge in [0.1, 0.15) is 0 Å². The minimum atomic E-state index is -0.0842. The lowest BCUT2D eigenvalue weighted by molar-refractivity contribution is -0.121. The Hall–Kier alpha value is -2.69. The molecule has 2 amide bonds. The summed E-state index contributed by atoms with van der Waals surface area (Å²) >= 11 is 0. The van der Waals surface area contributed by atoms with Crippen LogP contribution in [0.4, 0.5) is 5.69 Å². The highest BCUT2D eigenvalue weighted by Gasteiger charge is 2.15. The maximum atomic E-state index is 12.1. The van der Waals surface area contributed by atoms with Crippen LogP contribution in [-0.4, -0.2) is 23.3 Å². The molecule has 0 fully saturated rings. The Morgan fingerprint density at radius 1 is 1.17 bits per heavy atom. The highest BCUT2D eigenvalue weighted by molar-refractivity contribution is 5.93. The Kier molecular flexibility index (Phi) is 6.49. The number of carbonyl (C=O) groups excluding carboxylic acids is 2. The molecule has 2 rings (SSSR count). The monoisotopic (exact) mass is 325 g/mol. The van der Waals surface area contributed by atoms with E-state index in [2.05, 4.69) is 17.2 Å². The van der Waals surface area contributed by atoms with Crippen LogP contribution in [0.5, 0.6) is 0 Å². The molecule has 5 heteroatoms. The summed E-state index contributed by atoms with van der Waals surface area (Å²) in [6, 6.07) is 11.5. The van der Waals surface area contributed by atoms with Crippen molar-refractivity contribution in [2.45, 2.75) is 33.2 Å². The van der Waals surface area contributed by atoms with E-state index in [0.29, 0.717) is 13.1 Å². The zero-order valence-electron chi connectivity index (χ0n) is 14.2. The second-order valence-electron chi connectivity index (χ2n) is 5.54. The third-order valence-corrected chi connectivity index (χ3v) is 3.82. The van der Waals surface area contributed by atoms with Crippen LogP contribution in [0.25, 0.3) is 0 Å². The summed E-state index contributed by atoms with van der Waals surface area (Å²) in [5.74, 6) is -0.143. The Labute approximate surface area is 142 Å². The first-order valence-electron chi connectivity index (χ1n) is 8.13. The van der Waals surface area contributed by atoms with E-state index in [-0.39, 0.29) is 18.2 Å². The number of rotatable bonds is 7. The van der Waals surface area contributed by atoms with Crippen LogP contribution in [0.1, 0.15) is 31.4 Å². The zero-order valence-corrected chi connectivity index (χ0v) is 14.2. The molecular weight excluding hydrogens is 302 g/mol. The minimum Gasteiger partial charge on any atom is -0.352 e. The van der Waals surface area contributed by atoms with E-state index in [0.717, 1.165) is 23.2 Å². The number of nitrogens with zero attached hydrogens (tertiary/aromatic N) is 2. The lowest BCUT2D eigenvalue weighted by Crippen LogP contribution is -2.34. The van der Waals surface area contributed by atoms with Gasteiger partial charge in [0.05, 0.1) is 0 Å². The topological polar surface area (TPSA) is 62.3 Å². The summed E-state index contributed by atoms with van der Waals surface area (Å²) in [6.07, 6.45) is 4.52. The first-order chi connectivity index (χ1) is 11.6. The van der Waals surface area contributed by atoms with E-state index in [1.807, 2.05) is 36.4 Å². The highest BCUT2D eigenvalue weighted by atomic mass is 16.2. The highest BCUT2D eigenvalue weighted by Crippen LogP contribution is 2.21. The number of pyridine rings is 1. The predicted octanol–water partition coefficient (Wildman–Crippen LogP) is 2.70. The van der Waals surface area contributed by atoms with E-state index < -0.39 is 0 Å². The molecule has 0 unspecified atom stereocenters. The van der Waals surface area contributed by atoms with E-state index in [1.54, 1.807) is 17.3 Å². The SMILES string of the molecule is CCc1ccccc1N(CCC(=O)NCc1cccnc1)C(C)=O. The largest absolute Gasteiger partial charge is 0.352 e. The molecule has 0 bridgehead atoms. The number of amides is 2. The Morgan fingerprint density at radius 2 is 1.96 bits per heavy atom. The molecule has 0 saturated carbocycles. The molecule has 0 spiro atoms. The van der Waals surface area contributed by atoms with E-state index in [9.17, 15) is 9.59 Å². The summed E-state index contributed by atoms with van der Waals surface area (Å²) in [5, 5.41) is 2.86. The van der Waals surface area contributed by atoms with Gasteiger partial charge in [0.15, 0.2) is 0 Å². The quantitative estimate of drug-likeness (QED) is 0.851. The molecular formula is C19H23N3O2. The molecule has 2 aromatic rings. The number of aromatic nitrogens is 1. The smallest absolute Gasteiger partial charge is 0.223 e. The lowest BCUT2D eigenvalue weighted by atomic mass is 10.1. The van der Waals surface area contributed by atoms with Crippen molar-refractivity contribution < 1.29 is 9.59 Å². The van der Waals surface area contributed by atoms with E-state index in [4.69, 9.17) is 0 Å². The number of aryl methyl sites for hydroxylation is 1. The molecule has 24 heavy (non-hydrogen) atoms. The van der Waals surface area contributed by atoms with Crippen molar-refractivity contribution in [3.8, 4) is 0 Å². The van der Waals surface area contributed by atoms with Crippen LogP contribution < -0.4 is 10.2 Å². The van der Waals surface area contributed by atoms with Crippen LogP contribution in [-0.2, 0) is 22.6 Å². The van der Waals surface area contributed by atoms with Crippen molar-refractivity contribution in [3.63, 3.8) is 0 Å². The Morgan fingerprint density at radius 3 is 2.62 bits per heavy atom. The average molecular weight is 325 g/mol. The zero-order chi connectivity index (χ0) is 17.4. The summed E-state index contributed by atoms with van der Waals surface area (Å²) in [5.41, 5.74) is 2.93. The molecule has 1 aromatic carbocycles. The molecule has 0 aliphatic rings. The summed E-state index contributed by atoms with van der Waals surface area (Å²) in [7, 11) is 0. The van der Waals surface area contributed by atoms with Gasteiger partial charge in [-0.25, -0.2) is 0 Å². The number of hydrogen-bond donors (Lipinski definition) is 1. The van der Waals surface area contributed by atoms with Gasteiger partial charge < -0.3 is 10.2 Å². The first-order valence-corrected chi connectivity index (χ1v) is 8.13. The van der Waals surface area contributed by atoms with Gasteiger partial charge >= 0.3 is 0 Å². The van der Waals surface area contributed by atoms with Crippen molar-refractivity contribution in [1.29, 1.82) is 0 Å². The Bertz CT molecular complexity index is 686. The molecule has 0 aliphatic heterocycles. The standard InChI is InChI=1S/C19H23N3O2/c1-3-17-8-4-5-9-18(17)22(15(2)23)12-10-19(24)21-14-16-7-6-11-20-13-16/h4-9,11,13H,3,10,12,14H2,1-2H3,(H,21,24). The van der Waals surface area contributed by atoms with E-state index in [1.165, 1.54) is 6.92 Å². The van der Waals surface area contributed by atoms with Gasteiger partial charge in [-0.05, 0) is 29.7 Å². The average Bonchev–Trinajstić information content (AvgIpc) is 2.61. The fourth-order valence-electron chi connectivity index (χ4n) is 2.53. The molecule has 0 radical (unpaired) electrons. The molecule has 0 aliphatic carbocycles. The van der Waals surface area contributed by atoms with Gasteiger partial charge in [0.2, 0.25) is 11.8 Å². The van der Waals surface area contributed by atoms with Crippen molar-refractivity contribution >= 4 is 17.5 Å². The number of nitrogens with one attached hydrogen (secondary N) is 1. The molecule has 126 valence electrons. The third kappa shape index (κ3) is 4.91. The number of para-hydroxylation sites is 1. The number of carbonyl (C=O) groups is 2. The summed E-state index contributed by atoms with van der Waals surface area (Å²) in [4.78, 5) is 29.7. The van der Waals surface area contributed by atoms with Crippen molar-refractivity contribution in [3.05, 3.63) is 59.9 Å². The van der Waals surface area contributed by atoms with Gasteiger partial charge in [0, 0.05) is 44.5 Å². The van der Waals surface area contributed by atoms with E-state index >= 15 is 0 Å². The van der Waals surface area contributed by atoms with Gasteiger partial charge in [-0.1, -0.05) is 31.2 Å². The molecule has 0 atom stereocenters. The van der Waals surface area contributed by atoms with Crippen molar-refractivity contribution in [1.82, 2.24) is 10.3 Å². The molecule has 1 heterocycles. The number of anilines is 1. The van der Waals surface area contributed by atoms with Crippen LogP contribution in [0.2, 0.25) is 0 Å². The summed E-state index contributed by atoms with van der Waals surface area (Å²) in [6.45, 7) is 4.39.